The number of hydrogen-bond donors (Lipinski definition) is 1. The third kappa shape index (κ3) is 1.48. The molecule has 1 heterocycles. The summed E-state index contributed by atoms with van der Waals surface area (Å²) in [4.78, 5) is 12.0. The lowest BCUT2D eigenvalue weighted by Crippen LogP contribution is -2.25. The standard InChI is InChI=1S/C13H14N2O/c1-15-8-7-9-3-2-4-11(12(9)15)13(16)14-10-5-6-10/h2-4,7-8,10H,5-6H2,1H3,(H,14,16). The number of benzene rings is 1. The summed E-state index contributed by atoms with van der Waals surface area (Å²) in [7, 11) is 1.97. The van der Waals surface area contributed by atoms with Gasteiger partial charge in [0.25, 0.3) is 5.91 Å². The molecule has 0 spiro atoms. The van der Waals surface area contributed by atoms with Gasteiger partial charge in [0.05, 0.1) is 11.1 Å². The summed E-state index contributed by atoms with van der Waals surface area (Å²) in [6.07, 6.45) is 4.22. The molecule has 1 aliphatic rings. The highest BCUT2D eigenvalue weighted by Crippen LogP contribution is 2.22. The van der Waals surface area contributed by atoms with E-state index in [1.54, 1.807) is 0 Å². The lowest BCUT2D eigenvalue weighted by atomic mass is 10.1. The molecular weight excluding hydrogens is 200 g/mol. The zero-order valence-corrected chi connectivity index (χ0v) is 9.23. The molecule has 3 rings (SSSR count). The molecule has 1 saturated carbocycles. The number of rotatable bonds is 2. The van der Waals surface area contributed by atoms with Crippen LogP contribution in [0.4, 0.5) is 0 Å². The molecule has 3 nitrogen and oxygen atoms in total. The van der Waals surface area contributed by atoms with Crippen LogP contribution in [0.1, 0.15) is 23.2 Å². The van der Waals surface area contributed by atoms with Crippen LogP contribution >= 0.6 is 0 Å². The van der Waals surface area contributed by atoms with Crippen LogP contribution in [0.3, 0.4) is 0 Å². The Morgan fingerprint density at radius 3 is 2.94 bits per heavy atom. The van der Waals surface area contributed by atoms with E-state index >= 15 is 0 Å². The third-order valence-corrected chi connectivity index (χ3v) is 3.05. The van der Waals surface area contributed by atoms with Crippen molar-refractivity contribution in [2.75, 3.05) is 0 Å². The van der Waals surface area contributed by atoms with Gasteiger partial charge < -0.3 is 9.88 Å². The van der Waals surface area contributed by atoms with Crippen molar-refractivity contribution in [3.8, 4) is 0 Å². The van der Waals surface area contributed by atoms with E-state index in [2.05, 4.69) is 5.32 Å². The van der Waals surface area contributed by atoms with Crippen LogP contribution < -0.4 is 5.32 Å². The number of hydrogen-bond acceptors (Lipinski definition) is 1. The maximum atomic E-state index is 12.0. The van der Waals surface area contributed by atoms with Gasteiger partial charge in [-0.25, -0.2) is 0 Å². The average molecular weight is 214 g/mol. The molecule has 0 atom stereocenters. The number of nitrogens with one attached hydrogen (secondary N) is 1. The van der Waals surface area contributed by atoms with E-state index in [0.717, 1.165) is 29.3 Å². The Morgan fingerprint density at radius 1 is 1.38 bits per heavy atom. The summed E-state index contributed by atoms with van der Waals surface area (Å²) in [5.74, 6) is 0.0508. The molecule has 1 fully saturated rings. The normalized spacial score (nSPS) is 15.3. The second-order valence-electron chi connectivity index (χ2n) is 4.42. The Balaban J connectivity index is 2.07. The van der Waals surface area contributed by atoms with Crippen molar-refractivity contribution in [3.05, 3.63) is 36.0 Å². The topological polar surface area (TPSA) is 34.0 Å². The molecular formula is C13H14N2O. The van der Waals surface area contributed by atoms with E-state index in [0.29, 0.717) is 6.04 Å². The number of nitrogens with zero attached hydrogens (tertiary/aromatic N) is 1. The molecule has 0 bridgehead atoms. The van der Waals surface area contributed by atoms with Gasteiger partial charge >= 0.3 is 0 Å². The Hall–Kier alpha value is -1.77. The van der Waals surface area contributed by atoms with Gasteiger partial charge in [-0.3, -0.25) is 4.79 Å². The van der Waals surface area contributed by atoms with Crippen molar-refractivity contribution in [3.63, 3.8) is 0 Å². The minimum atomic E-state index is 0.0508. The van der Waals surface area contributed by atoms with E-state index in [4.69, 9.17) is 0 Å². The monoisotopic (exact) mass is 214 g/mol. The lowest BCUT2D eigenvalue weighted by molar-refractivity contribution is 0.0952. The smallest absolute Gasteiger partial charge is 0.253 e. The van der Waals surface area contributed by atoms with E-state index in [9.17, 15) is 4.79 Å². The largest absolute Gasteiger partial charge is 0.350 e. The van der Waals surface area contributed by atoms with Gasteiger partial charge in [-0.1, -0.05) is 12.1 Å². The second kappa shape index (κ2) is 3.37. The maximum absolute atomic E-state index is 12.0. The molecule has 0 aliphatic heterocycles. The number of fused-ring (bicyclic) bond motifs is 1. The lowest BCUT2D eigenvalue weighted by Gasteiger charge is -2.06. The molecule has 82 valence electrons. The predicted octanol–water partition coefficient (Wildman–Crippen LogP) is 2.07. The molecule has 1 aromatic carbocycles. The quantitative estimate of drug-likeness (QED) is 0.815. The fourth-order valence-corrected chi connectivity index (χ4v) is 2.03. The first-order chi connectivity index (χ1) is 7.75. The van der Waals surface area contributed by atoms with E-state index in [1.165, 1.54) is 0 Å². The van der Waals surface area contributed by atoms with Gasteiger partial charge in [-0.05, 0) is 25.0 Å². The predicted molar refractivity (Wildman–Crippen MR) is 63.4 cm³/mol. The molecule has 1 amide bonds. The van der Waals surface area contributed by atoms with Crippen molar-refractivity contribution >= 4 is 16.8 Å². The van der Waals surface area contributed by atoms with Crippen LogP contribution in [0.25, 0.3) is 10.9 Å². The Kier molecular flexibility index (Phi) is 1.99. The minimum absolute atomic E-state index is 0.0508. The summed E-state index contributed by atoms with van der Waals surface area (Å²) in [5.41, 5.74) is 1.79. The van der Waals surface area contributed by atoms with Crippen molar-refractivity contribution in [2.24, 2.45) is 7.05 Å². The molecule has 3 heteroatoms. The number of carbonyl (C=O) groups is 1. The molecule has 0 radical (unpaired) electrons. The van der Waals surface area contributed by atoms with Crippen LogP contribution in [-0.4, -0.2) is 16.5 Å². The molecule has 2 aromatic rings. The summed E-state index contributed by atoms with van der Waals surface area (Å²) in [5, 5.41) is 4.14. The number of aromatic nitrogens is 1. The van der Waals surface area contributed by atoms with Crippen molar-refractivity contribution in [1.82, 2.24) is 9.88 Å². The molecule has 16 heavy (non-hydrogen) atoms. The SMILES string of the molecule is Cn1ccc2cccc(C(=O)NC3CC3)c21. The Bertz CT molecular complexity index is 552. The van der Waals surface area contributed by atoms with Crippen LogP contribution in [0, 0.1) is 0 Å². The number of aryl methyl sites for hydroxylation is 1. The Morgan fingerprint density at radius 2 is 2.19 bits per heavy atom. The fraction of sp³-hybridized carbons (Fsp3) is 0.308. The summed E-state index contributed by atoms with van der Waals surface area (Å²) >= 11 is 0. The van der Waals surface area contributed by atoms with E-state index in [-0.39, 0.29) is 5.91 Å². The van der Waals surface area contributed by atoms with Crippen LogP contribution in [0.5, 0.6) is 0 Å². The zero-order chi connectivity index (χ0) is 11.1. The zero-order valence-electron chi connectivity index (χ0n) is 9.23. The Labute approximate surface area is 94.1 Å². The number of carbonyl (C=O) groups excluding carboxylic acids is 1. The van der Waals surface area contributed by atoms with Crippen molar-refractivity contribution < 1.29 is 4.79 Å². The third-order valence-electron chi connectivity index (χ3n) is 3.05. The van der Waals surface area contributed by atoms with Gasteiger partial charge in [0, 0.05) is 24.7 Å². The van der Waals surface area contributed by atoms with E-state index in [1.807, 2.05) is 42.1 Å². The van der Waals surface area contributed by atoms with Crippen LogP contribution in [-0.2, 0) is 7.05 Å². The molecule has 0 saturated heterocycles. The summed E-state index contributed by atoms with van der Waals surface area (Å²) in [6, 6.07) is 8.29. The maximum Gasteiger partial charge on any atom is 0.253 e. The first-order valence-corrected chi connectivity index (χ1v) is 5.60. The fourth-order valence-electron chi connectivity index (χ4n) is 2.03. The molecule has 0 unspecified atom stereocenters. The highest BCUT2D eigenvalue weighted by atomic mass is 16.1. The van der Waals surface area contributed by atoms with Gasteiger partial charge in [0.1, 0.15) is 0 Å². The molecule has 1 aliphatic carbocycles. The second-order valence-corrected chi connectivity index (χ2v) is 4.42. The number of amides is 1. The van der Waals surface area contributed by atoms with Crippen LogP contribution in [0.2, 0.25) is 0 Å². The highest BCUT2D eigenvalue weighted by molar-refractivity contribution is 6.06. The first kappa shape index (κ1) is 9.46. The van der Waals surface area contributed by atoms with E-state index < -0.39 is 0 Å². The van der Waals surface area contributed by atoms with Gasteiger partial charge in [-0.15, -0.1) is 0 Å². The number of para-hydroxylation sites is 1. The summed E-state index contributed by atoms with van der Waals surface area (Å²) in [6.45, 7) is 0. The minimum Gasteiger partial charge on any atom is -0.350 e. The van der Waals surface area contributed by atoms with Crippen molar-refractivity contribution in [2.45, 2.75) is 18.9 Å². The van der Waals surface area contributed by atoms with Gasteiger partial charge in [-0.2, -0.15) is 0 Å². The highest BCUT2D eigenvalue weighted by Gasteiger charge is 2.24. The average Bonchev–Trinajstić information content (AvgIpc) is 3.02. The molecule has 1 N–H and O–H groups in total. The van der Waals surface area contributed by atoms with Gasteiger partial charge in [0.15, 0.2) is 0 Å². The molecule has 1 aromatic heterocycles. The van der Waals surface area contributed by atoms with Crippen molar-refractivity contribution in [1.29, 1.82) is 0 Å². The van der Waals surface area contributed by atoms with Crippen LogP contribution in [0.15, 0.2) is 30.5 Å². The first-order valence-electron chi connectivity index (χ1n) is 5.60. The summed E-state index contributed by atoms with van der Waals surface area (Å²) < 4.78 is 2.00. The van der Waals surface area contributed by atoms with Gasteiger partial charge in [0.2, 0.25) is 0 Å².